The summed E-state index contributed by atoms with van der Waals surface area (Å²) < 4.78 is 5.02. The SMILES string of the molecule is Cc1nc(C2CCCN2CC(=O)Nc2nnc(C)s2)no1. The first kappa shape index (κ1) is 14.1. The lowest BCUT2D eigenvalue weighted by Gasteiger charge is -2.20. The Bertz CT molecular complexity index is 639. The molecule has 1 aliphatic heterocycles. The first-order valence-electron chi connectivity index (χ1n) is 6.76. The molecule has 1 unspecified atom stereocenters. The molecule has 1 N–H and O–H groups in total. The Morgan fingerprint density at radius 3 is 3.00 bits per heavy atom. The number of hydrogen-bond donors (Lipinski definition) is 1. The van der Waals surface area contributed by atoms with Gasteiger partial charge in [0, 0.05) is 6.92 Å². The summed E-state index contributed by atoms with van der Waals surface area (Å²) in [5.74, 6) is 1.11. The molecule has 1 aliphatic rings. The summed E-state index contributed by atoms with van der Waals surface area (Å²) >= 11 is 1.36. The number of nitrogens with zero attached hydrogens (tertiary/aromatic N) is 5. The molecular formula is C12H16N6O2S. The lowest BCUT2D eigenvalue weighted by molar-refractivity contribution is -0.117. The minimum Gasteiger partial charge on any atom is -0.340 e. The number of amides is 1. The van der Waals surface area contributed by atoms with Crippen LogP contribution < -0.4 is 5.32 Å². The fourth-order valence-electron chi connectivity index (χ4n) is 2.45. The van der Waals surface area contributed by atoms with Crippen molar-refractivity contribution >= 4 is 22.4 Å². The Balaban J connectivity index is 1.62. The van der Waals surface area contributed by atoms with Crippen LogP contribution in [0.2, 0.25) is 0 Å². The average Bonchev–Trinajstić information content (AvgIpc) is 3.12. The number of rotatable bonds is 4. The highest BCUT2D eigenvalue weighted by Gasteiger charge is 2.31. The van der Waals surface area contributed by atoms with Crippen molar-refractivity contribution in [2.45, 2.75) is 32.7 Å². The van der Waals surface area contributed by atoms with Gasteiger partial charge in [0.1, 0.15) is 5.01 Å². The van der Waals surface area contributed by atoms with Crippen molar-refractivity contribution < 1.29 is 9.32 Å². The Labute approximate surface area is 125 Å². The van der Waals surface area contributed by atoms with Crippen molar-refractivity contribution in [3.63, 3.8) is 0 Å². The monoisotopic (exact) mass is 308 g/mol. The van der Waals surface area contributed by atoms with Gasteiger partial charge in [0.2, 0.25) is 16.9 Å². The van der Waals surface area contributed by atoms with Gasteiger partial charge < -0.3 is 4.52 Å². The first-order chi connectivity index (χ1) is 10.1. The third-order valence-corrected chi connectivity index (χ3v) is 4.08. The third-order valence-electron chi connectivity index (χ3n) is 3.32. The lowest BCUT2D eigenvalue weighted by Crippen LogP contribution is -2.33. The first-order valence-corrected chi connectivity index (χ1v) is 7.57. The predicted molar refractivity (Wildman–Crippen MR) is 75.9 cm³/mol. The van der Waals surface area contributed by atoms with Crippen molar-refractivity contribution in [2.75, 3.05) is 18.4 Å². The molecule has 0 saturated carbocycles. The van der Waals surface area contributed by atoms with Gasteiger partial charge >= 0.3 is 0 Å². The van der Waals surface area contributed by atoms with E-state index < -0.39 is 0 Å². The van der Waals surface area contributed by atoms with E-state index in [0.29, 0.717) is 16.8 Å². The number of carbonyl (C=O) groups is 1. The van der Waals surface area contributed by atoms with E-state index in [4.69, 9.17) is 4.52 Å². The number of hydrogen-bond acceptors (Lipinski definition) is 8. The van der Waals surface area contributed by atoms with E-state index >= 15 is 0 Å². The zero-order valence-corrected chi connectivity index (χ0v) is 12.7. The number of nitrogens with one attached hydrogen (secondary N) is 1. The second-order valence-corrected chi connectivity index (χ2v) is 6.16. The highest BCUT2D eigenvalue weighted by molar-refractivity contribution is 7.15. The summed E-state index contributed by atoms with van der Waals surface area (Å²) in [6.45, 7) is 4.75. The molecule has 112 valence electrons. The molecule has 0 spiro atoms. The van der Waals surface area contributed by atoms with Gasteiger partial charge in [0.25, 0.3) is 0 Å². The van der Waals surface area contributed by atoms with Crippen molar-refractivity contribution in [3.05, 3.63) is 16.7 Å². The normalized spacial score (nSPS) is 19.0. The third kappa shape index (κ3) is 3.24. The number of anilines is 1. The predicted octanol–water partition coefficient (Wildman–Crippen LogP) is 1.31. The standard InChI is InChI=1S/C12H16N6O2S/c1-7-13-11(17-20-7)9-4-3-5-18(9)6-10(19)14-12-16-15-8(2)21-12/h9H,3-6H2,1-2H3,(H,14,16,19). The van der Waals surface area contributed by atoms with Crippen molar-refractivity contribution in [1.82, 2.24) is 25.2 Å². The molecule has 3 heterocycles. The molecule has 21 heavy (non-hydrogen) atoms. The summed E-state index contributed by atoms with van der Waals surface area (Å²) in [6.07, 6.45) is 1.95. The zero-order valence-electron chi connectivity index (χ0n) is 11.9. The maximum atomic E-state index is 12.1. The molecule has 2 aromatic heterocycles. The molecule has 9 heteroatoms. The van der Waals surface area contributed by atoms with Crippen molar-refractivity contribution in [2.24, 2.45) is 0 Å². The van der Waals surface area contributed by atoms with Gasteiger partial charge in [-0.1, -0.05) is 16.5 Å². The fourth-order valence-corrected chi connectivity index (χ4v) is 3.06. The van der Waals surface area contributed by atoms with Crippen LogP contribution in [0, 0.1) is 13.8 Å². The summed E-state index contributed by atoms with van der Waals surface area (Å²) in [5.41, 5.74) is 0. The van der Waals surface area contributed by atoms with Crippen LogP contribution in [0.3, 0.4) is 0 Å². The van der Waals surface area contributed by atoms with Crippen LogP contribution in [0.25, 0.3) is 0 Å². The molecule has 1 fully saturated rings. The van der Waals surface area contributed by atoms with Crippen molar-refractivity contribution in [1.29, 1.82) is 0 Å². The largest absolute Gasteiger partial charge is 0.340 e. The van der Waals surface area contributed by atoms with Crippen LogP contribution in [-0.4, -0.2) is 44.2 Å². The molecule has 1 saturated heterocycles. The second kappa shape index (κ2) is 5.86. The van der Waals surface area contributed by atoms with E-state index in [2.05, 4.69) is 30.6 Å². The number of carbonyl (C=O) groups excluding carboxylic acids is 1. The van der Waals surface area contributed by atoms with E-state index in [1.54, 1.807) is 6.92 Å². The van der Waals surface area contributed by atoms with Gasteiger partial charge in [0.15, 0.2) is 5.82 Å². The molecular weight excluding hydrogens is 292 g/mol. The van der Waals surface area contributed by atoms with E-state index in [-0.39, 0.29) is 18.5 Å². The summed E-state index contributed by atoms with van der Waals surface area (Å²) in [6, 6.07) is 0.0457. The van der Waals surface area contributed by atoms with Gasteiger partial charge in [-0.15, -0.1) is 10.2 Å². The molecule has 0 bridgehead atoms. The van der Waals surface area contributed by atoms with E-state index in [1.165, 1.54) is 11.3 Å². The second-order valence-electron chi connectivity index (χ2n) is 4.97. The van der Waals surface area contributed by atoms with Gasteiger partial charge in [0.05, 0.1) is 12.6 Å². The number of aromatic nitrogens is 4. The Morgan fingerprint density at radius 1 is 1.48 bits per heavy atom. The molecule has 0 aliphatic carbocycles. The van der Waals surface area contributed by atoms with Gasteiger partial charge in [-0.25, -0.2) is 0 Å². The van der Waals surface area contributed by atoms with Crippen LogP contribution >= 0.6 is 11.3 Å². The molecule has 8 nitrogen and oxygen atoms in total. The number of aryl methyl sites for hydroxylation is 2. The summed E-state index contributed by atoms with van der Waals surface area (Å²) in [4.78, 5) is 18.4. The number of likely N-dealkylation sites (tertiary alicyclic amines) is 1. The smallest absolute Gasteiger partial charge is 0.240 e. The molecule has 0 radical (unpaired) electrons. The summed E-state index contributed by atoms with van der Waals surface area (Å²) in [5, 5.41) is 15.9. The van der Waals surface area contributed by atoms with Gasteiger partial charge in [-0.05, 0) is 26.3 Å². The maximum Gasteiger partial charge on any atom is 0.240 e. The highest BCUT2D eigenvalue weighted by atomic mass is 32.1. The fraction of sp³-hybridized carbons (Fsp3) is 0.583. The topological polar surface area (TPSA) is 97.0 Å². The Hall–Kier alpha value is -1.87. The zero-order chi connectivity index (χ0) is 14.8. The van der Waals surface area contributed by atoms with Gasteiger partial charge in [-0.2, -0.15) is 4.98 Å². The molecule has 1 atom stereocenters. The Kier molecular flexibility index (Phi) is 3.93. The van der Waals surface area contributed by atoms with Crippen LogP contribution in [-0.2, 0) is 4.79 Å². The lowest BCUT2D eigenvalue weighted by atomic mass is 10.2. The summed E-state index contributed by atoms with van der Waals surface area (Å²) in [7, 11) is 0. The molecule has 3 rings (SSSR count). The van der Waals surface area contributed by atoms with Crippen LogP contribution in [0.4, 0.5) is 5.13 Å². The minimum absolute atomic E-state index is 0.0457. The van der Waals surface area contributed by atoms with Crippen molar-refractivity contribution in [3.8, 4) is 0 Å². The van der Waals surface area contributed by atoms with Crippen LogP contribution in [0.15, 0.2) is 4.52 Å². The van der Waals surface area contributed by atoms with Crippen LogP contribution in [0.1, 0.15) is 35.6 Å². The Morgan fingerprint density at radius 2 is 2.33 bits per heavy atom. The van der Waals surface area contributed by atoms with E-state index in [1.807, 2.05) is 6.92 Å². The van der Waals surface area contributed by atoms with E-state index in [0.717, 1.165) is 24.4 Å². The molecule has 2 aromatic rings. The van der Waals surface area contributed by atoms with E-state index in [9.17, 15) is 4.79 Å². The van der Waals surface area contributed by atoms with Gasteiger partial charge in [-0.3, -0.25) is 15.0 Å². The average molecular weight is 308 g/mol. The van der Waals surface area contributed by atoms with Crippen LogP contribution in [0.5, 0.6) is 0 Å². The maximum absolute atomic E-state index is 12.1. The minimum atomic E-state index is -0.0988. The molecule has 1 amide bonds. The highest BCUT2D eigenvalue weighted by Crippen LogP contribution is 2.29. The quantitative estimate of drug-likeness (QED) is 0.909. The molecule has 0 aromatic carbocycles.